The molecule has 0 aliphatic carbocycles. The highest BCUT2D eigenvalue weighted by molar-refractivity contribution is 5.88. The van der Waals surface area contributed by atoms with Crippen LogP contribution in [0.15, 0.2) is 42.6 Å². The molecule has 0 radical (unpaired) electrons. The second-order valence-electron chi connectivity index (χ2n) is 6.04. The van der Waals surface area contributed by atoms with Crippen molar-refractivity contribution in [3.8, 4) is 17.0 Å². The smallest absolute Gasteiger partial charge is 0.334 e. The summed E-state index contributed by atoms with van der Waals surface area (Å²) in [6.07, 6.45) is 1.68. The number of carbonyl (C=O) groups excluding carboxylic acids is 1. The molecule has 1 aromatic carbocycles. The van der Waals surface area contributed by atoms with Crippen LogP contribution >= 0.6 is 0 Å². The van der Waals surface area contributed by atoms with Crippen LogP contribution in [0.3, 0.4) is 0 Å². The molecular weight excluding hydrogens is 348 g/mol. The molecule has 27 heavy (non-hydrogen) atoms. The Bertz CT molecular complexity index is 951. The van der Waals surface area contributed by atoms with Gasteiger partial charge in [-0.25, -0.2) is 19.3 Å². The van der Waals surface area contributed by atoms with Gasteiger partial charge in [0.1, 0.15) is 5.75 Å². The molecule has 2 N–H and O–H groups in total. The fraction of sp³-hybridized carbons (Fsp3) is 0.278. The van der Waals surface area contributed by atoms with Crippen LogP contribution in [0.5, 0.6) is 5.75 Å². The number of hydrogen-bond donors (Lipinski definition) is 2. The number of urea groups is 1. The molecule has 9 nitrogen and oxygen atoms in total. The topological polar surface area (TPSA) is 93.0 Å². The molecule has 0 saturated carbocycles. The van der Waals surface area contributed by atoms with E-state index in [0.29, 0.717) is 37.8 Å². The predicted molar refractivity (Wildman–Crippen MR) is 99.5 cm³/mol. The van der Waals surface area contributed by atoms with Crippen LogP contribution in [0.2, 0.25) is 0 Å². The molecule has 0 atom stereocenters. The average molecular weight is 368 g/mol. The maximum Gasteiger partial charge on any atom is 0.334 e. The summed E-state index contributed by atoms with van der Waals surface area (Å²) in [6.45, 7) is 2.52. The van der Waals surface area contributed by atoms with Gasteiger partial charge in [-0.2, -0.15) is 5.10 Å². The van der Waals surface area contributed by atoms with E-state index in [-0.39, 0.29) is 6.03 Å². The molecule has 9 heteroatoms. The van der Waals surface area contributed by atoms with Crippen molar-refractivity contribution >= 4 is 17.5 Å². The molecule has 4 rings (SSSR count). The number of anilines is 1. The Morgan fingerprint density at radius 1 is 1.22 bits per heavy atom. The van der Waals surface area contributed by atoms with E-state index in [1.807, 2.05) is 41.4 Å². The summed E-state index contributed by atoms with van der Waals surface area (Å²) in [5, 5.41) is 9.11. The largest absolute Gasteiger partial charge is 0.497 e. The third kappa shape index (κ3) is 3.99. The number of hydrogen-bond acceptors (Lipinski definition) is 6. The van der Waals surface area contributed by atoms with Crippen molar-refractivity contribution in [1.82, 2.24) is 25.0 Å². The number of carbonyl (C=O) groups is 1. The van der Waals surface area contributed by atoms with Gasteiger partial charge in [0.15, 0.2) is 11.5 Å². The number of benzene rings is 1. The minimum Gasteiger partial charge on any atom is -0.497 e. The van der Waals surface area contributed by atoms with Crippen molar-refractivity contribution in [2.75, 3.05) is 38.7 Å². The molecule has 3 aromatic rings. The molecule has 0 bridgehead atoms. The lowest BCUT2D eigenvalue weighted by Crippen LogP contribution is -2.49. The minimum absolute atomic E-state index is 0.340. The van der Waals surface area contributed by atoms with Gasteiger partial charge in [-0.1, -0.05) is 12.1 Å². The lowest BCUT2D eigenvalue weighted by Gasteiger charge is -2.26. The first-order chi connectivity index (χ1) is 13.2. The SMILES string of the molecule is COc1cccc(-c2ccc3nc(NC(=O)NN4CCOCC4)cn3n2)c1. The highest BCUT2D eigenvalue weighted by Gasteiger charge is 2.14. The number of amides is 2. The molecule has 140 valence electrons. The predicted octanol–water partition coefficient (Wildman–Crippen LogP) is 1.77. The van der Waals surface area contributed by atoms with E-state index < -0.39 is 0 Å². The normalized spacial score (nSPS) is 14.9. The molecular formula is C18H20N6O3. The second-order valence-corrected chi connectivity index (χ2v) is 6.04. The Morgan fingerprint density at radius 2 is 2.07 bits per heavy atom. The number of nitrogens with zero attached hydrogens (tertiary/aromatic N) is 4. The number of methoxy groups -OCH3 is 1. The molecule has 0 spiro atoms. The van der Waals surface area contributed by atoms with E-state index in [4.69, 9.17) is 9.47 Å². The summed E-state index contributed by atoms with van der Waals surface area (Å²) in [4.78, 5) is 16.5. The Morgan fingerprint density at radius 3 is 2.89 bits per heavy atom. The second kappa shape index (κ2) is 7.60. The van der Waals surface area contributed by atoms with Gasteiger partial charge >= 0.3 is 6.03 Å². The summed E-state index contributed by atoms with van der Waals surface area (Å²) in [5.41, 5.74) is 5.14. The molecule has 1 saturated heterocycles. The van der Waals surface area contributed by atoms with E-state index in [9.17, 15) is 4.79 Å². The number of morpholine rings is 1. The summed E-state index contributed by atoms with van der Waals surface area (Å²) in [7, 11) is 1.63. The van der Waals surface area contributed by atoms with Crippen LogP contribution in [0.1, 0.15) is 0 Å². The lowest BCUT2D eigenvalue weighted by atomic mass is 10.1. The standard InChI is InChI=1S/C18H20N6O3/c1-26-14-4-2-3-13(11-14)15-5-6-17-19-16(12-24(17)21-15)20-18(25)22-23-7-9-27-10-8-23/h2-6,11-12H,7-10H2,1H3,(H2,20,22,25). The molecule has 2 amide bonds. The highest BCUT2D eigenvalue weighted by atomic mass is 16.5. The van der Waals surface area contributed by atoms with Crippen molar-refractivity contribution in [2.45, 2.75) is 0 Å². The van der Waals surface area contributed by atoms with E-state index in [1.165, 1.54) is 0 Å². The monoisotopic (exact) mass is 368 g/mol. The third-order valence-electron chi connectivity index (χ3n) is 4.20. The van der Waals surface area contributed by atoms with Crippen LogP contribution in [-0.2, 0) is 4.74 Å². The number of hydrazine groups is 1. The van der Waals surface area contributed by atoms with Crippen molar-refractivity contribution in [2.24, 2.45) is 0 Å². The van der Waals surface area contributed by atoms with Crippen molar-refractivity contribution in [1.29, 1.82) is 0 Å². The number of ether oxygens (including phenoxy) is 2. The fourth-order valence-electron chi connectivity index (χ4n) is 2.84. The molecule has 0 unspecified atom stereocenters. The van der Waals surface area contributed by atoms with E-state index in [2.05, 4.69) is 20.8 Å². The number of fused-ring (bicyclic) bond motifs is 1. The lowest BCUT2D eigenvalue weighted by molar-refractivity contribution is 0.0207. The van der Waals surface area contributed by atoms with Gasteiger partial charge in [0.2, 0.25) is 0 Å². The zero-order chi connectivity index (χ0) is 18.6. The van der Waals surface area contributed by atoms with E-state index in [1.54, 1.807) is 17.8 Å². The summed E-state index contributed by atoms with van der Waals surface area (Å²) in [5.74, 6) is 1.19. The van der Waals surface area contributed by atoms with Gasteiger partial charge in [0.25, 0.3) is 0 Å². The summed E-state index contributed by atoms with van der Waals surface area (Å²) in [6, 6.07) is 11.1. The molecule has 2 aromatic heterocycles. The first kappa shape index (κ1) is 17.3. The maximum absolute atomic E-state index is 12.1. The summed E-state index contributed by atoms with van der Waals surface area (Å²) >= 11 is 0. The number of aromatic nitrogens is 3. The van der Waals surface area contributed by atoms with Crippen LogP contribution in [0, 0.1) is 0 Å². The van der Waals surface area contributed by atoms with Gasteiger partial charge in [-0.3, -0.25) is 10.7 Å². The first-order valence-electron chi connectivity index (χ1n) is 8.62. The van der Waals surface area contributed by atoms with Crippen LogP contribution in [0.25, 0.3) is 16.9 Å². The molecule has 3 heterocycles. The number of imidazole rings is 1. The molecule has 1 fully saturated rings. The maximum atomic E-state index is 12.1. The molecule has 1 aliphatic rings. The van der Waals surface area contributed by atoms with Crippen LogP contribution in [0.4, 0.5) is 10.6 Å². The van der Waals surface area contributed by atoms with Crippen LogP contribution < -0.4 is 15.5 Å². The third-order valence-corrected chi connectivity index (χ3v) is 4.20. The minimum atomic E-state index is -0.340. The van der Waals surface area contributed by atoms with E-state index >= 15 is 0 Å². The van der Waals surface area contributed by atoms with Crippen LogP contribution in [-0.4, -0.2) is 59.1 Å². The zero-order valence-corrected chi connectivity index (χ0v) is 14.9. The van der Waals surface area contributed by atoms with Gasteiger partial charge in [-0.05, 0) is 24.3 Å². The van der Waals surface area contributed by atoms with Gasteiger partial charge in [0, 0.05) is 18.7 Å². The Balaban J connectivity index is 1.49. The first-order valence-corrected chi connectivity index (χ1v) is 8.62. The highest BCUT2D eigenvalue weighted by Crippen LogP contribution is 2.22. The van der Waals surface area contributed by atoms with Crippen molar-refractivity contribution in [3.05, 3.63) is 42.6 Å². The number of rotatable bonds is 4. The van der Waals surface area contributed by atoms with Gasteiger partial charge < -0.3 is 9.47 Å². The van der Waals surface area contributed by atoms with Gasteiger partial charge in [-0.15, -0.1) is 0 Å². The van der Waals surface area contributed by atoms with Gasteiger partial charge in [0.05, 0.1) is 32.2 Å². The summed E-state index contributed by atoms with van der Waals surface area (Å²) < 4.78 is 12.2. The fourth-order valence-corrected chi connectivity index (χ4v) is 2.84. The Kier molecular flexibility index (Phi) is 4.86. The van der Waals surface area contributed by atoms with Crippen molar-refractivity contribution in [3.63, 3.8) is 0 Å². The average Bonchev–Trinajstić information content (AvgIpc) is 3.10. The van der Waals surface area contributed by atoms with E-state index in [0.717, 1.165) is 17.0 Å². The quantitative estimate of drug-likeness (QED) is 0.729. The van der Waals surface area contributed by atoms with Crippen molar-refractivity contribution < 1.29 is 14.3 Å². The number of nitrogens with one attached hydrogen (secondary N) is 2. The zero-order valence-electron chi connectivity index (χ0n) is 14.9. The Labute approximate surface area is 155 Å². The Hall–Kier alpha value is -3.17. The molecule has 1 aliphatic heterocycles.